The molecule has 114 valence electrons. The van der Waals surface area contributed by atoms with Crippen LogP contribution in [0.3, 0.4) is 0 Å². The highest BCUT2D eigenvalue weighted by molar-refractivity contribution is 5.81. The number of benzene rings is 1. The smallest absolute Gasteiger partial charge is 0.238 e. The zero-order valence-electron chi connectivity index (χ0n) is 12.7. The van der Waals surface area contributed by atoms with Crippen LogP contribution in [0.15, 0.2) is 24.3 Å². The number of nitrogens with one attached hydrogen (secondary N) is 1. The number of nitrogens with zero attached hydrogens (tertiary/aromatic N) is 1. The molecule has 0 bridgehead atoms. The second-order valence-corrected chi connectivity index (χ2v) is 6.71. The van der Waals surface area contributed by atoms with Gasteiger partial charge in [0, 0.05) is 6.04 Å². The van der Waals surface area contributed by atoms with Crippen molar-refractivity contribution in [2.45, 2.75) is 45.3 Å². The van der Waals surface area contributed by atoms with Crippen molar-refractivity contribution < 1.29 is 9.18 Å². The molecule has 2 aliphatic rings. The van der Waals surface area contributed by atoms with E-state index in [1.165, 1.54) is 18.6 Å². The average Bonchev–Trinajstić information content (AvgIpc) is 2.80. The van der Waals surface area contributed by atoms with Crippen LogP contribution in [0.4, 0.5) is 4.39 Å². The molecule has 4 heteroatoms. The molecule has 0 aromatic heterocycles. The van der Waals surface area contributed by atoms with Gasteiger partial charge in [-0.2, -0.15) is 0 Å². The van der Waals surface area contributed by atoms with E-state index in [0.717, 1.165) is 18.4 Å². The van der Waals surface area contributed by atoms with Crippen molar-refractivity contribution in [1.29, 1.82) is 0 Å². The summed E-state index contributed by atoms with van der Waals surface area (Å²) in [5.74, 6) is 1.23. The quantitative estimate of drug-likeness (QED) is 0.908. The highest BCUT2D eigenvalue weighted by Gasteiger charge is 2.39. The number of amides is 1. The summed E-state index contributed by atoms with van der Waals surface area (Å²) in [4.78, 5) is 14.3. The predicted molar refractivity (Wildman–Crippen MR) is 80.0 cm³/mol. The summed E-state index contributed by atoms with van der Waals surface area (Å²) in [6, 6.07) is 6.76. The van der Waals surface area contributed by atoms with Crippen molar-refractivity contribution in [3.05, 3.63) is 35.6 Å². The summed E-state index contributed by atoms with van der Waals surface area (Å²) in [7, 11) is 0. The van der Waals surface area contributed by atoms with Crippen molar-refractivity contribution in [3.8, 4) is 0 Å². The fourth-order valence-corrected chi connectivity index (χ4v) is 3.99. The molecule has 3 rings (SSSR count). The second-order valence-electron chi connectivity index (χ2n) is 6.71. The van der Waals surface area contributed by atoms with E-state index in [1.807, 2.05) is 4.90 Å². The number of carbonyl (C=O) groups is 1. The van der Waals surface area contributed by atoms with Crippen LogP contribution in [0, 0.1) is 17.7 Å². The van der Waals surface area contributed by atoms with Crippen LogP contribution >= 0.6 is 0 Å². The lowest BCUT2D eigenvalue weighted by molar-refractivity contribution is -0.131. The Morgan fingerprint density at radius 1 is 1.10 bits per heavy atom. The maximum atomic E-state index is 13.1. The standard InChI is InChI=1S/C17H23FN2O/c1-11-7-12(2)9-15(8-11)20-16(21)10-19-17(20)13-3-5-14(18)6-4-13/h3-6,11-12,15,17,19H,7-10H2,1-2H3. The number of halogens is 1. The number of carbonyl (C=O) groups excluding carboxylic acids is 1. The lowest BCUT2D eigenvalue weighted by Gasteiger charge is -2.40. The molecule has 21 heavy (non-hydrogen) atoms. The van der Waals surface area contributed by atoms with Gasteiger partial charge in [-0.05, 0) is 48.8 Å². The van der Waals surface area contributed by atoms with Gasteiger partial charge in [-0.25, -0.2) is 4.39 Å². The van der Waals surface area contributed by atoms with E-state index < -0.39 is 0 Å². The average molecular weight is 290 g/mol. The van der Waals surface area contributed by atoms with E-state index in [-0.39, 0.29) is 17.9 Å². The first kappa shape index (κ1) is 14.5. The Hall–Kier alpha value is -1.42. The molecular weight excluding hydrogens is 267 g/mol. The molecule has 1 aliphatic heterocycles. The van der Waals surface area contributed by atoms with E-state index in [1.54, 1.807) is 12.1 Å². The molecule has 1 aliphatic carbocycles. The lowest BCUT2D eigenvalue weighted by Crippen LogP contribution is -2.43. The Balaban J connectivity index is 1.84. The summed E-state index contributed by atoms with van der Waals surface area (Å²) in [6.07, 6.45) is 3.26. The molecule has 3 unspecified atom stereocenters. The first-order chi connectivity index (χ1) is 10.0. The summed E-state index contributed by atoms with van der Waals surface area (Å²) >= 11 is 0. The number of hydrogen-bond acceptors (Lipinski definition) is 2. The van der Waals surface area contributed by atoms with E-state index in [9.17, 15) is 9.18 Å². The Labute approximate surface area is 125 Å². The van der Waals surface area contributed by atoms with Crippen LogP contribution in [-0.4, -0.2) is 23.4 Å². The first-order valence-corrected chi connectivity index (χ1v) is 7.84. The van der Waals surface area contributed by atoms with Gasteiger partial charge in [-0.1, -0.05) is 26.0 Å². The van der Waals surface area contributed by atoms with Gasteiger partial charge in [-0.3, -0.25) is 10.1 Å². The predicted octanol–water partition coefficient (Wildman–Crippen LogP) is 3.08. The topological polar surface area (TPSA) is 32.3 Å². The van der Waals surface area contributed by atoms with E-state index in [2.05, 4.69) is 19.2 Å². The Morgan fingerprint density at radius 2 is 1.71 bits per heavy atom. The normalized spacial score (nSPS) is 33.5. The third kappa shape index (κ3) is 2.95. The molecule has 1 saturated heterocycles. The van der Waals surface area contributed by atoms with Gasteiger partial charge in [0.05, 0.1) is 6.54 Å². The summed E-state index contributed by atoms with van der Waals surface area (Å²) in [5.41, 5.74) is 0.966. The van der Waals surface area contributed by atoms with Gasteiger partial charge in [0.15, 0.2) is 0 Å². The third-order valence-electron chi connectivity index (χ3n) is 4.75. The molecule has 0 radical (unpaired) electrons. The monoisotopic (exact) mass is 290 g/mol. The largest absolute Gasteiger partial charge is 0.319 e. The SMILES string of the molecule is CC1CC(C)CC(N2C(=O)CNC2c2ccc(F)cc2)C1. The molecule has 1 heterocycles. The third-order valence-corrected chi connectivity index (χ3v) is 4.75. The van der Waals surface area contributed by atoms with E-state index in [0.29, 0.717) is 24.4 Å². The van der Waals surface area contributed by atoms with Crippen LogP contribution in [-0.2, 0) is 4.79 Å². The van der Waals surface area contributed by atoms with Crippen molar-refractivity contribution in [2.75, 3.05) is 6.54 Å². The Kier molecular flexibility index (Phi) is 3.98. The molecule has 3 atom stereocenters. The summed E-state index contributed by atoms with van der Waals surface area (Å²) in [6.45, 7) is 4.91. The van der Waals surface area contributed by atoms with Gasteiger partial charge < -0.3 is 4.90 Å². The maximum Gasteiger partial charge on any atom is 0.238 e. The molecular formula is C17H23FN2O. The molecule has 2 fully saturated rings. The van der Waals surface area contributed by atoms with Gasteiger partial charge in [-0.15, -0.1) is 0 Å². The summed E-state index contributed by atoms with van der Waals surface area (Å²) < 4.78 is 13.1. The van der Waals surface area contributed by atoms with Crippen molar-refractivity contribution in [3.63, 3.8) is 0 Å². The van der Waals surface area contributed by atoms with Gasteiger partial charge >= 0.3 is 0 Å². The van der Waals surface area contributed by atoms with E-state index in [4.69, 9.17) is 0 Å². The maximum absolute atomic E-state index is 13.1. The molecule has 1 aromatic carbocycles. The minimum atomic E-state index is -0.241. The van der Waals surface area contributed by atoms with Crippen LogP contribution in [0.2, 0.25) is 0 Å². The van der Waals surface area contributed by atoms with Crippen LogP contribution in [0.5, 0.6) is 0 Å². The molecule has 1 amide bonds. The minimum absolute atomic E-state index is 0.111. The lowest BCUT2D eigenvalue weighted by atomic mass is 9.79. The van der Waals surface area contributed by atoms with Gasteiger partial charge in [0.25, 0.3) is 0 Å². The van der Waals surface area contributed by atoms with Crippen LogP contribution < -0.4 is 5.32 Å². The first-order valence-electron chi connectivity index (χ1n) is 7.84. The fourth-order valence-electron chi connectivity index (χ4n) is 3.99. The highest BCUT2D eigenvalue weighted by Crippen LogP contribution is 2.36. The van der Waals surface area contributed by atoms with Crippen molar-refractivity contribution >= 4 is 5.91 Å². The molecule has 1 saturated carbocycles. The van der Waals surface area contributed by atoms with Crippen LogP contribution in [0.25, 0.3) is 0 Å². The second kappa shape index (κ2) is 5.76. The fraction of sp³-hybridized carbons (Fsp3) is 0.588. The zero-order valence-corrected chi connectivity index (χ0v) is 12.7. The summed E-state index contributed by atoms with van der Waals surface area (Å²) in [5, 5.41) is 3.27. The molecule has 1 N–H and O–H groups in total. The van der Waals surface area contributed by atoms with Gasteiger partial charge in [0.1, 0.15) is 12.0 Å². The van der Waals surface area contributed by atoms with Gasteiger partial charge in [0.2, 0.25) is 5.91 Å². The molecule has 1 aromatic rings. The van der Waals surface area contributed by atoms with Crippen LogP contribution in [0.1, 0.15) is 44.8 Å². The van der Waals surface area contributed by atoms with E-state index >= 15 is 0 Å². The van der Waals surface area contributed by atoms with Crippen molar-refractivity contribution in [2.24, 2.45) is 11.8 Å². The molecule has 3 nitrogen and oxygen atoms in total. The Morgan fingerprint density at radius 3 is 2.33 bits per heavy atom. The highest BCUT2D eigenvalue weighted by atomic mass is 19.1. The minimum Gasteiger partial charge on any atom is -0.319 e. The molecule has 0 spiro atoms. The van der Waals surface area contributed by atoms with Crippen molar-refractivity contribution in [1.82, 2.24) is 10.2 Å². The number of hydrogen-bond donors (Lipinski definition) is 1. The Bertz CT molecular complexity index is 506. The number of rotatable bonds is 2. The zero-order chi connectivity index (χ0) is 15.0.